The zero-order valence-electron chi connectivity index (χ0n) is 9.12. The lowest BCUT2D eigenvalue weighted by Gasteiger charge is -2.15. The van der Waals surface area contributed by atoms with Crippen molar-refractivity contribution in [2.24, 2.45) is 0 Å². The fourth-order valence-electron chi connectivity index (χ4n) is 1.37. The van der Waals surface area contributed by atoms with Gasteiger partial charge in [0, 0.05) is 13.3 Å². The van der Waals surface area contributed by atoms with Gasteiger partial charge in [-0.25, -0.2) is 0 Å². The van der Waals surface area contributed by atoms with Crippen LogP contribution in [0.1, 0.15) is 52.4 Å². The molecule has 0 aliphatic heterocycles. The van der Waals surface area contributed by atoms with E-state index in [0.717, 1.165) is 32.0 Å². The largest absolute Gasteiger partial charge is 0.463 e. The highest BCUT2D eigenvalue weighted by Crippen LogP contribution is 2.11. The third-order valence-corrected chi connectivity index (χ3v) is 2.07. The molecule has 0 radical (unpaired) electrons. The van der Waals surface area contributed by atoms with E-state index in [1.807, 2.05) is 0 Å². The molecule has 0 aromatic carbocycles. The fraction of sp³-hybridized carbons (Fsp3) is 0.818. The van der Waals surface area contributed by atoms with Gasteiger partial charge in [0.25, 0.3) is 0 Å². The highest BCUT2D eigenvalue weighted by Gasteiger charge is 2.10. The highest BCUT2D eigenvalue weighted by atomic mass is 16.5. The van der Waals surface area contributed by atoms with E-state index in [1.165, 1.54) is 6.92 Å². The molecule has 0 saturated carbocycles. The van der Waals surface area contributed by atoms with Crippen molar-refractivity contribution in [3.63, 3.8) is 0 Å². The molecule has 0 aromatic heterocycles. The maximum Gasteiger partial charge on any atom is 0.302 e. The van der Waals surface area contributed by atoms with Crippen LogP contribution in [0.3, 0.4) is 0 Å². The van der Waals surface area contributed by atoms with E-state index >= 15 is 0 Å². The second-order valence-electron chi connectivity index (χ2n) is 3.47. The Bertz CT molecular complexity index is 166. The Balaban J connectivity index is 3.71. The summed E-state index contributed by atoms with van der Waals surface area (Å²) in [4.78, 5) is 20.9. The van der Waals surface area contributed by atoms with Crippen molar-refractivity contribution in [3.8, 4) is 0 Å². The Kier molecular flexibility index (Phi) is 8.19. The number of hydrogen-bond acceptors (Lipinski definition) is 3. The number of unbranched alkanes of at least 4 members (excludes halogenated alkanes) is 2. The quantitative estimate of drug-likeness (QED) is 0.343. The normalized spacial score (nSPS) is 12.1. The lowest BCUT2D eigenvalue weighted by molar-refractivity contribution is -0.147. The first kappa shape index (κ1) is 13.1. The van der Waals surface area contributed by atoms with Crippen molar-refractivity contribution in [3.05, 3.63) is 0 Å². The minimum atomic E-state index is -0.252. The summed E-state index contributed by atoms with van der Waals surface area (Å²) < 4.78 is 5.10. The lowest BCUT2D eigenvalue weighted by atomic mass is 10.1. The number of hydrogen-bond donors (Lipinski definition) is 0. The smallest absolute Gasteiger partial charge is 0.302 e. The molecular formula is C11H20O3. The van der Waals surface area contributed by atoms with Crippen LogP contribution in [-0.4, -0.2) is 18.4 Å². The highest BCUT2D eigenvalue weighted by molar-refractivity contribution is 5.66. The fourth-order valence-corrected chi connectivity index (χ4v) is 1.37. The Morgan fingerprint density at radius 1 is 1.36 bits per heavy atom. The Morgan fingerprint density at radius 2 is 2.07 bits per heavy atom. The molecule has 0 aliphatic carbocycles. The zero-order chi connectivity index (χ0) is 10.8. The Morgan fingerprint density at radius 3 is 2.57 bits per heavy atom. The van der Waals surface area contributed by atoms with Gasteiger partial charge >= 0.3 is 5.97 Å². The number of rotatable bonds is 8. The molecule has 82 valence electrons. The van der Waals surface area contributed by atoms with Crippen LogP contribution in [0.25, 0.3) is 0 Å². The van der Waals surface area contributed by atoms with Gasteiger partial charge in [-0.1, -0.05) is 19.8 Å². The van der Waals surface area contributed by atoms with Crippen LogP contribution in [0.2, 0.25) is 0 Å². The maximum atomic E-state index is 10.7. The molecule has 0 N–H and O–H groups in total. The first-order valence-electron chi connectivity index (χ1n) is 5.31. The van der Waals surface area contributed by atoms with Gasteiger partial charge < -0.3 is 9.53 Å². The molecule has 0 spiro atoms. The number of esters is 1. The van der Waals surface area contributed by atoms with E-state index in [1.54, 1.807) is 0 Å². The number of ether oxygens (including phenoxy) is 1. The summed E-state index contributed by atoms with van der Waals surface area (Å²) in [5, 5.41) is 0. The van der Waals surface area contributed by atoms with Crippen molar-refractivity contribution in [1.82, 2.24) is 0 Å². The summed E-state index contributed by atoms with van der Waals surface area (Å²) in [6.45, 7) is 3.54. The van der Waals surface area contributed by atoms with Gasteiger partial charge in [-0.3, -0.25) is 4.79 Å². The van der Waals surface area contributed by atoms with Crippen LogP contribution in [0, 0.1) is 0 Å². The lowest BCUT2D eigenvalue weighted by Crippen LogP contribution is -2.16. The van der Waals surface area contributed by atoms with Gasteiger partial charge in [0.15, 0.2) is 0 Å². The van der Waals surface area contributed by atoms with E-state index < -0.39 is 0 Å². The first-order chi connectivity index (χ1) is 6.70. The van der Waals surface area contributed by atoms with Crippen molar-refractivity contribution in [1.29, 1.82) is 0 Å². The molecule has 3 heteroatoms. The minimum Gasteiger partial charge on any atom is -0.463 e. The van der Waals surface area contributed by atoms with E-state index in [9.17, 15) is 9.59 Å². The van der Waals surface area contributed by atoms with Gasteiger partial charge in [-0.15, -0.1) is 0 Å². The van der Waals surface area contributed by atoms with Crippen LogP contribution >= 0.6 is 0 Å². The molecule has 0 amide bonds. The van der Waals surface area contributed by atoms with Crippen molar-refractivity contribution in [2.75, 3.05) is 0 Å². The summed E-state index contributed by atoms with van der Waals surface area (Å²) in [5.41, 5.74) is 0. The second kappa shape index (κ2) is 8.73. The molecule has 0 fully saturated rings. The summed E-state index contributed by atoms with van der Waals surface area (Å²) in [6.07, 6.45) is 6.19. The standard InChI is InChI=1S/C11H20O3/c1-3-4-5-7-11(8-6-9-12)14-10(2)13/h9,11H,3-8H2,1-2H3/t11-/m1/s1. The molecule has 14 heavy (non-hydrogen) atoms. The van der Waals surface area contributed by atoms with Crippen molar-refractivity contribution < 1.29 is 14.3 Å². The van der Waals surface area contributed by atoms with Gasteiger partial charge in [0.1, 0.15) is 12.4 Å². The second-order valence-corrected chi connectivity index (χ2v) is 3.47. The van der Waals surface area contributed by atoms with Gasteiger partial charge in [-0.2, -0.15) is 0 Å². The number of carbonyl (C=O) groups excluding carboxylic acids is 2. The summed E-state index contributed by atoms with van der Waals surface area (Å²) in [7, 11) is 0. The molecule has 0 rings (SSSR count). The minimum absolute atomic E-state index is 0.0655. The SMILES string of the molecule is CCCCC[C@H](CCC=O)OC(C)=O. The van der Waals surface area contributed by atoms with Crippen LogP contribution in [-0.2, 0) is 14.3 Å². The molecule has 0 aliphatic rings. The topological polar surface area (TPSA) is 43.4 Å². The average molecular weight is 200 g/mol. The first-order valence-corrected chi connectivity index (χ1v) is 5.31. The van der Waals surface area contributed by atoms with Gasteiger partial charge in [0.05, 0.1) is 0 Å². The molecule has 0 aromatic rings. The third kappa shape index (κ3) is 7.77. The average Bonchev–Trinajstić information content (AvgIpc) is 2.13. The molecule has 0 bridgehead atoms. The van der Waals surface area contributed by atoms with Gasteiger partial charge in [-0.05, 0) is 19.3 Å². The van der Waals surface area contributed by atoms with E-state index in [2.05, 4.69) is 6.92 Å². The van der Waals surface area contributed by atoms with E-state index in [-0.39, 0.29) is 12.1 Å². The van der Waals surface area contributed by atoms with Crippen molar-refractivity contribution in [2.45, 2.75) is 58.5 Å². The predicted octanol–water partition coefficient (Wildman–Crippen LogP) is 2.48. The monoisotopic (exact) mass is 200 g/mol. The van der Waals surface area contributed by atoms with Crippen LogP contribution in [0.15, 0.2) is 0 Å². The Labute approximate surface area is 85.8 Å². The molecule has 3 nitrogen and oxygen atoms in total. The molecule has 0 unspecified atom stereocenters. The number of carbonyl (C=O) groups is 2. The van der Waals surface area contributed by atoms with Crippen LogP contribution < -0.4 is 0 Å². The van der Waals surface area contributed by atoms with Crippen molar-refractivity contribution >= 4 is 12.3 Å². The zero-order valence-corrected chi connectivity index (χ0v) is 9.12. The summed E-state index contributed by atoms with van der Waals surface area (Å²) >= 11 is 0. The van der Waals surface area contributed by atoms with E-state index in [0.29, 0.717) is 12.8 Å². The Hall–Kier alpha value is -0.860. The van der Waals surface area contributed by atoms with Gasteiger partial charge in [0.2, 0.25) is 0 Å². The molecule has 0 saturated heterocycles. The maximum absolute atomic E-state index is 10.7. The van der Waals surface area contributed by atoms with Crippen LogP contribution in [0.4, 0.5) is 0 Å². The summed E-state index contributed by atoms with van der Waals surface area (Å²) in [5.74, 6) is -0.252. The molecule has 0 heterocycles. The third-order valence-electron chi connectivity index (χ3n) is 2.07. The predicted molar refractivity (Wildman–Crippen MR) is 55.0 cm³/mol. The van der Waals surface area contributed by atoms with E-state index in [4.69, 9.17) is 4.74 Å². The van der Waals surface area contributed by atoms with Crippen LogP contribution in [0.5, 0.6) is 0 Å². The molecular weight excluding hydrogens is 180 g/mol. The number of aldehydes is 1. The summed E-state index contributed by atoms with van der Waals surface area (Å²) in [6, 6.07) is 0. The molecule has 1 atom stereocenters.